The second kappa shape index (κ2) is 10.3. The van der Waals surface area contributed by atoms with E-state index >= 15 is 0 Å². The van der Waals surface area contributed by atoms with Gasteiger partial charge < -0.3 is 14.8 Å². The van der Waals surface area contributed by atoms with E-state index in [0.717, 1.165) is 36.0 Å². The van der Waals surface area contributed by atoms with Gasteiger partial charge in [-0.2, -0.15) is 0 Å². The number of benzene rings is 2. The lowest BCUT2D eigenvalue weighted by molar-refractivity contribution is 0.0938. The molecule has 1 aliphatic rings. The van der Waals surface area contributed by atoms with E-state index in [1.165, 1.54) is 6.42 Å². The molecule has 1 saturated heterocycles. The number of nitrogens with one attached hydrogen (secondary N) is 1. The molecular formula is C20H27ClN2O4. The van der Waals surface area contributed by atoms with Gasteiger partial charge in [0.15, 0.2) is 0 Å². The molecular weight excluding hydrogens is 368 g/mol. The second-order valence-corrected chi connectivity index (χ2v) is 6.34. The summed E-state index contributed by atoms with van der Waals surface area (Å²) >= 11 is 3.64. The first-order chi connectivity index (χ1) is 13.2. The smallest absolute Gasteiger partial charge is 0.255 e. The average Bonchev–Trinajstić information content (AvgIpc) is 3.19. The summed E-state index contributed by atoms with van der Waals surface area (Å²) in [4.78, 5) is 15.2. The van der Waals surface area contributed by atoms with Crippen molar-refractivity contribution in [3.63, 3.8) is 0 Å². The summed E-state index contributed by atoms with van der Waals surface area (Å²) in [5.41, 5.74) is 0.560. The predicted octanol–water partition coefficient (Wildman–Crippen LogP) is 3.20. The summed E-state index contributed by atoms with van der Waals surface area (Å²) in [7, 11) is 3.24. The van der Waals surface area contributed by atoms with E-state index in [4.69, 9.17) is 14.1 Å². The first-order valence-electron chi connectivity index (χ1n) is 9.02. The van der Waals surface area contributed by atoms with Crippen LogP contribution in [0.1, 0.15) is 30.1 Å². The molecule has 1 fully saturated rings. The van der Waals surface area contributed by atoms with Gasteiger partial charge in [0.05, 0.1) is 31.6 Å². The zero-order chi connectivity index (χ0) is 19.8. The van der Waals surface area contributed by atoms with Crippen molar-refractivity contribution < 1.29 is 18.9 Å². The minimum atomic E-state index is -0.0930. The quantitative estimate of drug-likeness (QED) is 0.787. The molecule has 27 heavy (non-hydrogen) atoms. The highest BCUT2D eigenvalue weighted by molar-refractivity contribution is 6.05. The molecule has 2 N–H and O–H groups in total. The molecule has 1 atom stereocenters. The van der Waals surface area contributed by atoms with Crippen LogP contribution in [0.5, 0.6) is 11.5 Å². The fraction of sp³-hybridized carbons (Fsp3) is 0.450. The van der Waals surface area contributed by atoms with Crippen molar-refractivity contribution in [2.75, 3.05) is 33.9 Å². The maximum atomic E-state index is 12.7. The zero-order valence-electron chi connectivity index (χ0n) is 16.0. The minimum Gasteiger partial charge on any atom is -0.496 e. The van der Waals surface area contributed by atoms with E-state index in [1.54, 1.807) is 14.2 Å². The maximum absolute atomic E-state index is 12.7. The van der Waals surface area contributed by atoms with Gasteiger partial charge in [-0.05, 0) is 44.1 Å². The number of hydrogen-bond donors (Lipinski definition) is 2. The van der Waals surface area contributed by atoms with Crippen LogP contribution in [0.4, 0.5) is 0 Å². The molecule has 148 valence electrons. The molecule has 0 radical (unpaired) electrons. The van der Waals surface area contributed by atoms with Gasteiger partial charge >= 0.3 is 0 Å². The summed E-state index contributed by atoms with van der Waals surface area (Å²) in [6.07, 6.45) is 2.34. The lowest BCUT2D eigenvalue weighted by Gasteiger charge is -2.23. The Morgan fingerprint density at radius 1 is 1.22 bits per heavy atom. The van der Waals surface area contributed by atoms with Crippen molar-refractivity contribution in [2.24, 2.45) is 0 Å². The molecule has 1 amide bonds. The van der Waals surface area contributed by atoms with Gasteiger partial charge in [-0.1, -0.05) is 19.1 Å². The molecule has 0 aromatic heterocycles. The first-order valence-corrected chi connectivity index (χ1v) is 9.36. The molecule has 1 unspecified atom stereocenters. The van der Waals surface area contributed by atoms with Gasteiger partial charge in [0.25, 0.3) is 5.91 Å². The van der Waals surface area contributed by atoms with Crippen LogP contribution >= 0.6 is 11.9 Å². The molecule has 0 saturated carbocycles. The Labute approximate surface area is 165 Å². The largest absolute Gasteiger partial charge is 0.496 e. The van der Waals surface area contributed by atoms with Gasteiger partial charge in [0.2, 0.25) is 0 Å². The fourth-order valence-corrected chi connectivity index (χ4v) is 3.73. The van der Waals surface area contributed by atoms with E-state index in [1.807, 2.05) is 30.3 Å². The molecule has 0 aliphatic carbocycles. The lowest BCUT2D eigenvalue weighted by Crippen LogP contribution is -2.40. The molecule has 1 heterocycles. The number of nitrogens with zero attached hydrogens (tertiary/aromatic N) is 1. The third-order valence-electron chi connectivity index (χ3n) is 5.04. The number of halogens is 1. The Balaban J connectivity index is 0.00000126. The maximum Gasteiger partial charge on any atom is 0.255 e. The molecule has 0 bridgehead atoms. The normalized spacial score (nSPS) is 16.6. The molecule has 2 aromatic rings. The summed E-state index contributed by atoms with van der Waals surface area (Å²) in [6.45, 7) is 4.99. The van der Waals surface area contributed by atoms with Gasteiger partial charge in [-0.3, -0.25) is 14.4 Å². The number of methoxy groups -OCH3 is 2. The van der Waals surface area contributed by atoms with Crippen molar-refractivity contribution >= 4 is 28.5 Å². The monoisotopic (exact) mass is 394 g/mol. The number of carbonyl (C=O) groups is 1. The molecule has 0 spiro atoms. The molecule has 7 heteroatoms. The third kappa shape index (κ3) is 4.64. The van der Waals surface area contributed by atoms with E-state index in [2.05, 4.69) is 29.0 Å². The van der Waals surface area contributed by atoms with Crippen molar-refractivity contribution in [1.82, 2.24) is 10.2 Å². The zero-order valence-corrected chi connectivity index (χ0v) is 16.8. The van der Waals surface area contributed by atoms with E-state index < -0.39 is 0 Å². The molecule has 1 aliphatic heterocycles. The Morgan fingerprint density at radius 3 is 2.67 bits per heavy atom. The highest BCUT2D eigenvalue weighted by Gasteiger charge is 2.24. The number of rotatable bonds is 6. The number of hydrogen-bond acceptors (Lipinski definition) is 5. The number of likely N-dealkylation sites (tertiary alicyclic amines) is 1. The summed E-state index contributed by atoms with van der Waals surface area (Å²) < 4.78 is 17.4. The Bertz CT molecular complexity index is 769. The average molecular weight is 395 g/mol. The van der Waals surface area contributed by atoms with Crippen LogP contribution in [0, 0.1) is 0 Å². The highest BCUT2D eigenvalue weighted by Crippen LogP contribution is 2.34. The topological polar surface area (TPSA) is 71.0 Å². The van der Waals surface area contributed by atoms with Crippen molar-refractivity contribution in [3.05, 3.63) is 35.9 Å². The van der Waals surface area contributed by atoms with Crippen LogP contribution in [0.15, 0.2) is 30.3 Å². The first kappa shape index (κ1) is 21.3. The molecule has 3 rings (SSSR count). The summed E-state index contributed by atoms with van der Waals surface area (Å²) in [5.74, 6) is 1.27. The van der Waals surface area contributed by atoms with Crippen molar-refractivity contribution in [3.8, 4) is 11.5 Å². The minimum absolute atomic E-state index is 0.0930. The summed E-state index contributed by atoms with van der Waals surface area (Å²) in [6, 6.07) is 9.92. The number of fused-ring (bicyclic) bond motifs is 1. The fourth-order valence-electron chi connectivity index (χ4n) is 3.73. The third-order valence-corrected chi connectivity index (χ3v) is 5.04. The number of carbonyl (C=O) groups excluding carboxylic acids is 1. The summed E-state index contributed by atoms with van der Waals surface area (Å²) in [5, 5.41) is 4.90. The Morgan fingerprint density at radius 2 is 2.00 bits per heavy atom. The standard InChI is InChI=1S/C20H26N2O3.ClHO/c1-4-22-12-6-7-14(22)13-21-20(23)17-11-10-15-16(19(17)25-3)8-5-9-18(15)24-2;1-2/h5,8-11,14H,4,6-7,12-13H2,1-3H3,(H,21,23);2H. The lowest BCUT2D eigenvalue weighted by atomic mass is 10.0. The van der Waals surface area contributed by atoms with Gasteiger partial charge in [-0.15, -0.1) is 0 Å². The number of likely N-dealkylation sites (N-methyl/N-ethyl adjacent to an activating group) is 1. The highest BCUT2D eigenvalue weighted by atomic mass is 35.5. The SMILES string of the molecule is CCN1CCCC1CNC(=O)c1ccc2c(OC)cccc2c1OC.OCl. The van der Waals surface area contributed by atoms with Crippen LogP contribution in [-0.2, 0) is 0 Å². The van der Waals surface area contributed by atoms with Crippen LogP contribution in [0.3, 0.4) is 0 Å². The van der Waals surface area contributed by atoms with Gasteiger partial charge in [-0.25, -0.2) is 0 Å². The molecule has 2 aromatic carbocycles. The van der Waals surface area contributed by atoms with Crippen molar-refractivity contribution in [1.29, 1.82) is 0 Å². The van der Waals surface area contributed by atoms with E-state index in [0.29, 0.717) is 23.9 Å². The van der Waals surface area contributed by atoms with E-state index in [-0.39, 0.29) is 5.91 Å². The number of amides is 1. The van der Waals surface area contributed by atoms with Crippen LogP contribution < -0.4 is 14.8 Å². The van der Waals surface area contributed by atoms with Gasteiger partial charge in [0, 0.05) is 23.4 Å². The Kier molecular flexibility index (Phi) is 8.16. The number of ether oxygens (including phenoxy) is 2. The van der Waals surface area contributed by atoms with Gasteiger partial charge in [0.1, 0.15) is 11.5 Å². The second-order valence-electron chi connectivity index (χ2n) is 6.34. The van der Waals surface area contributed by atoms with Crippen molar-refractivity contribution in [2.45, 2.75) is 25.8 Å². The Hall–Kier alpha value is -2.02. The van der Waals surface area contributed by atoms with E-state index in [9.17, 15) is 4.79 Å². The predicted molar refractivity (Wildman–Crippen MR) is 108 cm³/mol. The van der Waals surface area contributed by atoms with Crippen LogP contribution in [0.2, 0.25) is 0 Å². The van der Waals surface area contributed by atoms with Crippen LogP contribution in [0.25, 0.3) is 10.8 Å². The molecule has 6 nitrogen and oxygen atoms in total. The van der Waals surface area contributed by atoms with Crippen LogP contribution in [-0.4, -0.2) is 55.4 Å².